The molecule has 1 aromatic carbocycles. The minimum Gasteiger partial charge on any atom is -0.355 e. The Balaban J connectivity index is 1.56. The molecule has 12 heteroatoms. The Labute approximate surface area is 225 Å². The number of nitrogens with one attached hydrogen (secondary N) is 2. The standard InChI is InChI=1S/C25H24BrN7O3S/c1-28-23(34)14-5-6-19-18(10-14)31-22(17-4-2-3-9-29-17)33(19)16-11-15(12-32(13-16)25(27)36)30-24(35)20-7-8-21(26)37-20/h2-10,15-16H,11-13H2,1H3,(H2,27,36)(H,28,34)(H,30,35). The van der Waals surface area contributed by atoms with Crippen LogP contribution in [0, 0.1) is 0 Å². The number of carbonyl (C=O) groups excluding carboxylic acids is 3. The third kappa shape index (κ3) is 5.07. The molecule has 4 amide bonds. The van der Waals surface area contributed by atoms with Gasteiger partial charge in [0.15, 0.2) is 5.82 Å². The fourth-order valence-corrected chi connectivity index (χ4v) is 5.96. The lowest BCUT2D eigenvalue weighted by Gasteiger charge is -2.38. The number of thiophene rings is 1. The molecule has 1 aliphatic rings. The Morgan fingerprint density at radius 3 is 2.62 bits per heavy atom. The molecule has 1 saturated heterocycles. The van der Waals surface area contributed by atoms with E-state index in [0.29, 0.717) is 47.0 Å². The maximum atomic E-state index is 12.9. The third-order valence-electron chi connectivity index (χ3n) is 6.31. The van der Waals surface area contributed by atoms with E-state index in [2.05, 4.69) is 31.5 Å². The number of fused-ring (bicyclic) bond motifs is 1. The number of piperidine rings is 1. The van der Waals surface area contributed by atoms with E-state index < -0.39 is 6.03 Å². The molecule has 0 aliphatic carbocycles. The summed E-state index contributed by atoms with van der Waals surface area (Å²) in [6.45, 7) is 0.644. The highest BCUT2D eigenvalue weighted by molar-refractivity contribution is 9.11. The Hall–Kier alpha value is -3.77. The van der Waals surface area contributed by atoms with Gasteiger partial charge in [0.05, 0.1) is 25.7 Å². The molecule has 1 aliphatic heterocycles. The molecule has 1 fully saturated rings. The van der Waals surface area contributed by atoms with Gasteiger partial charge in [-0.25, -0.2) is 9.78 Å². The van der Waals surface area contributed by atoms with Crippen LogP contribution < -0.4 is 16.4 Å². The molecule has 4 heterocycles. The second-order valence-corrected chi connectivity index (χ2v) is 11.2. The summed E-state index contributed by atoms with van der Waals surface area (Å²) in [6, 6.07) is 13.3. The van der Waals surface area contributed by atoms with Crippen LogP contribution in [0.1, 0.15) is 32.5 Å². The summed E-state index contributed by atoms with van der Waals surface area (Å²) in [5.41, 5.74) is 8.27. The van der Waals surface area contributed by atoms with Gasteiger partial charge in [0.2, 0.25) is 0 Å². The number of likely N-dealkylation sites (tertiary alicyclic amines) is 1. The Kier molecular flexibility index (Phi) is 6.94. The zero-order valence-electron chi connectivity index (χ0n) is 19.8. The summed E-state index contributed by atoms with van der Waals surface area (Å²) in [4.78, 5) is 48.9. The monoisotopic (exact) mass is 581 g/mol. The van der Waals surface area contributed by atoms with Crippen LogP contribution in [0.2, 0.25) is 0 Å². The number of imidazole rings is 1. The Bertz CT molecular complexity index is 1490. The van der Waals surface area contributed by atoms with Gasteiger partial charge in [0, 0.05) is 37.9 Å². The van der Waals surface area contributed by atoms with Crippen LogP contribution in [0.4, 0.5) is 4.79 Å². The van der Waals surface area contributed by atoms with Gasteiger partial charge >= 0.3 is 6.03 Å². The minimum absolute atomic E-state index is 0.207. The van der Waals surface area contributed by atoms with Gasteiger partial charge < -0.3 is 25.8 Å². The first kappa shape index (κ1) is 24.9. The number of urea groups is 1. The van der Waals surface area contributed by atoms with Crippen molar-refractivity contribution in [2.75, 3.05) is 20.1 Å². The zero-order valence-corrected chi connectivity index (χ0v) is 22.3. The van der Waals surface area contributed by atoms with Gasteiger partial charge in [-0.2, -0.15) is 0 Å². The second-order valence-electron chi connectivity index (χ2n) is 8.71. The van der Waals surface area contributed by atoms with E-state index in [4.69, 9.17) is 10.7 Å². The van der Waals surface area contributed by atoms with E-state index in [1.165, 1.54) is 16.2 Å². The van der Waals surface area contributed by atoms with Crippen LogP contribution in [-0.2, 0) is 0 Å². The van der Waals surface area contributed by atoms with Gasteiger partial charge in [-0.15, -0.1) is 11.3 Å². The summed E-state index contributed by atoms with van der Waals surface area (Å²) in [5.74, 6) is 0.186. The summed E-state index contributed by atoms with van der Waals surface area (Å²) >= 11 is 4.73. The first-order chi connectivity index (χ1) is 17.8. The summed E-state index contributed by atoms with van der Waals surface area (Å²) in [5, 5.41) is 5.70. The molecule has 2 atom stereocenters. The summed E-state index contributed by atoms with van der Waals surface area (Å²) < 4.78 is 2.89. The number of rotatable bonds is 5. The van der Waals surface area contributed by atoms with E-state index in [1.54, 1.807) is 31.4 Å². The van der Waals surface area contributed by atoms with Crippen molar-refractivity contribution in [2.45, 2.75) is 18.5 Å². The molecular formula is C25H24BrN7O3S. The molecule has 37 heavy (non-hydrogen) atoms. The fourth-order valence-electron chi connectivity index (χ4n) is 4.67. The van der Waals surface area contributed by atoms with Gasteiger partial charge in [-0.3, -0.25) is 14.6 Å². The molecular weight excluding hydrogens is 558 g/mol. The number of nitrogens with zero attached hydrogens (tertiary/aromatic N) is 4. The number of aromatic nitrogens is 3. The SMILES string of the molecule is CNC(=O)c1ccc2c(c1)nc(-c1ccccn1)n2C1CC(NC(=O)c2ccc(Br)s2)CN(C(N)=O)C1. The average Bonchev–Trinajstić information content (AvgIpc) is 3.51. The quantitative estimate of drug-likeness (QED) is 0.332. The van der Waals surface area contributed by atoms with Crippen molar-refractivity contribution in [1.29, 1.82) is 0 Å². The molecule has 0 radical (unpaired) electrons. The number of nitrogens with two attached hydrogens (primary N) is 1. The third-order valence-corrected chi connectivity index (χ3v) is 7.93. The Morgan fingerprint density at radius 2 is 1.95 bits per heavy atom. The molecule has 4 aromatic rings. The number of pyridine rings is 1. The van der Waals surface area contributed by atoms with Crippen LogP contribution in [0.5, 0.6) is 0 Å². The van der Waals surface area contributed by atoms with Crippen molar-refractivity contribution >= 4 is 56.1 Å². The van der Waals surface area contributed by atoms with Gasteiger partial charge in [-0.05, 0) is 64.8 Å². The molecule has 0 saturated carbocycles. The number of hydrogen-bond acceptors (Lipinski definition) is 6. The van der Waals surface area contributed by atoms with Crippen molar-refractivity contribution in [1.82, 2.24) is 30.1 Å². The minimum atomic E-state index is -0.562. The van der Waals surface area contributed by atoms with Crippen molar-refractivity contribution in [3.8, 4) is 11.5 Å². The van der Waals surface area contributed by atoms with Crippen LogP contribution in [0.3, 0.4) is 0 Å². The number of benzene rings is 1. The second kappa shape index (κ2) is 10.3. The summed E-state index contributed by atoms with van der Waals surface area (Å²) in [7, 11) is 1.58. The zero-order chi connectivity index (χ0) is 26.1. The molecule has 5 rings (SSSR count). The Morgan fingerprint density at radius 1 is 1.11 bits per heavy atom. The lowest BCUT2D eigenvalue weighted by molar-refractivity contribution is 0.0897. The van der Waals surface area contributed by atoms with Gasteiger partial charge in [-0.1, -0.05) is 6.07 Å². The molecule has 4 N–H and O–H groups in total. The number of halogens is 1. The maximum Gasteiger partial charge on any atom is 0.314 e. The van der Waals surface area contributed by atoms with Crippen molar-refractivity contribution in [3.63, 3.8) is 0 Å². The number of carbonyl (C=O) groups is 3. The van der Waals surface area contributed by atoms with Crippen LogP contribution in [-0.4, -0.2) is 63.5 Å². The largest absolute Gasteiger partial charge is 0.355 e. The van der Waals surface area contributed by atoms with E-state index in [0.717, 1.165) is 9.30 Å². The highest BCUT2D eigenvalue weighted by atomic mass is 79.9. The summed E-state index contributed by atoms with van der Waals surface area (Å²) in [6.07, 6.45) is 2.23. The number of hydrogen-bond donors (Lipinski definition) is 3. The van der Waals surface area contributed by atoms with Gasteiger partial charge in [0.25, 0.3) is 11.8 Å². The van der Waals surface area contributed by atoms with Crippen molar-refractivity contribution in [3.05, 3.63) is 69.0 Å². The number of primary amides is 1. The van der Waals surface area contributed by atoms with E-state index >= 15 is 0 Å². The van der Waals surface area contributed by atoms with Gasteiger partial charge in [0.1, 0.15) is 5.69 Å². The molecule has 0 spiro atoms. The molecule has 190 valence electrons. The highest BCUT2D eigenvalue weighted by Gasteiger charge is 2.34. The lowest BCUT2D eigenvalue weighted by atomic mass is 9.99. The smallest absolute Gasteiger partial charge is 0.314 e. The predicted octanol–water partition coefficient (Wildman–Crippen LogP) is 3.41. The molecule has 0 bridgehead atoms. The van der Waals surface area contributed by atoms with E-state index in [1.807, 2.05) is 34.9 Å². The number of amides is 4. The van der Waals surface area contributed by atoms with Crippen LogP contribution in [0.25, 0.3) is 22.6 Å². The van der Waals surface area contributed by atoms with Crippen molar-refractivity contribution in [2.24, 2.45) is 5.73 Å². The fraction of sp³-hybridized carbons (Fsp3) is 0.240. The van der Waals surface area contributed by atoms with Crippen molar-refractivity contribution < 1.29 is 14.4 Å². The van der Waals surface area contributed by atoms with Crippen LogP contribution >= 0.6 is 27.3 Å². The molecule has 10 nitrogen and oxygen atoms in total. The lowest BCUT2D eigenvalue weighted by Crippen LogP contribution is -2.54. The normalized spacial score (nSPS) is 17.5. The first-order valence-electron chi connectivity index (χ1n) is 11.6. The maximum absolute atomic E-state index is 12.9. The average molecular weight is 582 g/mol. The van der Waals surface area contributed by atoms with E-state index in [9.17, 15) is 14.4 Å². The first-order valence-corrected chi connectivity index (χ1v) is 13.2. The highest BCUT2D eigenvalue weighted by Crippen LogP contribution is 2.33. The van der Waals surface area contributed by atoms with Crippen LogP contribution in [0.15, 0.2) is 58.5 Å². The molecule has 3 aromatic heterocycles. The topological polar surface area (TPSA) is 135 Å². The predicted molar refractivity (Wildman–Crippen MR) is 144 cm³/mol. The van der Waals surface area contributed by atoms with E-state index in [-0.39, 0.29) is 23.9 Å². The molecule has 2 unspecified atom stereocenters.